The van der Waals surface area contributed by atoms with E-state index in [0.29, 0.717) is 17.7 Å². The number of nitrogens with zero attached hydrogens (tertiary/aromatic N) is 1. The van der Waals surface area contributed by atoms with Crippen LogP contribution in [0.4, 0.5) is 0 Å². The molecule has 0 N–H and O–H groups in total. The normalized spacial score (nSPS) is 16.1. The fourth-order valence-electron chi connectivity index (χ4n) is 4.46. The van der Waals surface area contributed by atoms with E-state index in [-0.39, 0.29) is 5.78 Å². The Kier molecular flexibility index (Phi) is 6.24. The van der Waals surface area contributed by atoms with Crippen molar-refractivity contribution in [2.24, 2.45) is 0 Å². The first kappa shape index (κ1) is 21.4. The summed E-state index contributed by atoms with van der Waals surface area (Å²) in [6.07, 6.45) is 0. The van der Waals surface area contributed by atoms with E-state index in [9.17, 15) is 4.79 Å². The molecule has 3 aromatic rings. The molecule has 1 heterocycles. The van der Waals surface area contributed by atoms with Gasteiger partial charge in [0.25, 0.3) is 0 Å². The van der Waals surface area contributed by atoms with Crippen molar-refractivity contribution in [3.05, 3.63) is 95.1 Å². The van der Waals surface area contributed by atoms with Gasteiger partial charge in [0, 0.05) is 36.3 Å². The van der Waals surface area contributed by atoms with Crippen LogP contribution in [-0.4, -0.2) is 57.2 Å². The van der Waals surface area contributed by atoms with Crippen molar-refractivity contribution in [3.63, 3.8) is 0 Å². The number of hydrogen-bond donors (Lipinski definition) is 0. The van der Waals surface area contributed by atoms with E-state index in [4.69, 9.17) is 14.2 Å². The van der Waals surface area contributed by atoms with Crippen LogP contribution < -0.4 is 9.47 Å². The third-order valence-electron chi connectivity index (χ3n) is 6.20. The fourth-order valence-corrected chi connectivity index (χ4v) is 4.46. The Hall–Kier alpha value is -3.41. The third-order valence-corrected chi connectivity index (χ3v) is 6.20. The Bertz CT molecular complexity index is 1160. The van der Waals surface area contributed by atoms with E-state index >= 15 is 0 Å². The summed E-state index contributed by atoms with van der Waals surface area (Å²) in [5.74, 6) is 1.51. The molecular weight excluding hydrogens is 414 g/mol. The number of benzene rings is 3. The molecule has 0 atom stereocenters. The molecule has 0 amide bonds. The molecule has 1 aliphatic carbocycles. The highest BCUT2D eigenvalue weighted by Crippen LogP contribution is 2.43. The Morgan fingerprint density at radius 1 is 0.818 bits per heavy atom. The smallest absolute Gasteiger partial charge is 0.195 e. The van der Waals surface area contributed by atoms with Crippen LogP contribution in [0.15, 0.2) is 72.8 Å². The number of Topliss-reactive ketones (excluding diaryl/α,β-unsaturated/α-hetero) is 1. The van der Waals surface area contributed by atoms with Crippen molar-refractivity contribution in [1.29, 1.82) is 0 Å². The van der Waals surface area contributed by atoms with Crippen LogP contribution in [0.2, 0.25) is 0 Å². The molecule has 0 bridgehead atoms. The van der Waals surface area contributed by atoms with Gasteiger partial charge >= 0.3 is 0 Å². The zero-order valence-electron chi connectivity index (χ0n) is 18.8. The number of allylic oxidation sites excluding steroid dienone is 1. The number of morpholine rings is 1. The monoisotopic (exact) mass is 441 g/mol. The van der Waals surface area contributed by atoms with Gasteiger partial charge in [-0.2, -0.15) is 0 Å². The highest BCUT2D eigenvalue weighted by Gasteiger charge is 2.31. The maximum atomic E-state index is 13.6. The minimum absolute atomic E-state index is 0.0210. The summed E-state index contributed by atoms with van der Waals surface area (Å²) in [5.41, 5.74) is 5.20. The van der Waals surface area contributed by atoms with E-state index in [0.717, 1.165) is 66.6 Å². The first-order valence-corrected chi connectivity index (χ1v) is 11.3. The number of fused-ring (bicyclic) bond motifs is 1. The predicted molar refractivity (Wildman–Crippen MR) is 129 cm³/mol. The number of hydrogen-bond acceptors (Lipinski definition) is 5. The molecule has 0 aromatic heterocycles. The lowest BCUT2D eigenvalue weighted by Gasteiger charge is -2.26. The molecular formula is C28H27NO4. The predicted octanol–water partition coefficient (Wildman–Crippen LogP) is 4.56. The molecule has 2 aliphatic rings. The molecule has 0 radical (unpaired) electrons. The molecule has 1 aliphatic heterocycles. The van der Waals surface area contributed by atoms with Crippen molar-refractivity contribution < 1.29 is 19.0 Å². The van der Waals surface area contributed by atoms with Gasteiger partial charge in [-0.25, -0.2) is 0 Å². The zero-order valence-corrected chi connectivity index (χ0v) is 18.8. The number of carbonyl (C=O) groups is 1. The summed E-state index contributed by atoms with van der Waals surface area (Å²) in [5, 5.41) is 0. The molecule has 0 saturated carbocycles. The number of rotatable bonds is 7. The lowest BCUT2D eigenvalue weighted by molar-refractivity contribution is 0.0322. The van der Waals surface area contributed by atoms with Gasteiger partial charge in [0.1, 0.15) is 18.1 Å². The second-order valence-electron chi connectivity index (χ2n) is 8.18. The highest BCUT2D eigenvalue weighted by molar-refractivity contribution is 6.41. The van der Waals surface area contributed by atoms with E-state index in [1.165, 1.54) is 0 Å². The number of carbonyl (C=O) groups excluding carboxylic acids is 1. The minimum atomic E-state index is 0.0210. The molecule has 3 aromatic carbocycles. The lowest BCUT2D eigenvalue weighted by Crippen LogP contribution is -2.38. The van der Waals surface area contributed by atoms with Crippen molar-refractivity contribution in [2.75, 3.05) is 46.6 Å². The molecule has 5 nitrogen and oxygen atoms in total. The summed E-state index contributed by atoms with van der Waals surface area (Å²) in [4.78, 5) is 16.0. The molecule has 5 rings (SSSR count). The molecule has 33 heavy (non-hydrogen) atoms. The Morgan fingerprint density at radius 3 is 2.24 bits per heavy atom. The average Bonchev–Trinajstić information content (AvgIpc) is 3.17. The Balaban J connectivity index is 1.45. The van der Waals surface area contributed by atoms with Crippen LogP contribution in [0.3, 0.4) is 0 Å². The minimum Gasteiger partial charge on any atom is -0.497 e. The number of ketones is 1. The van der Waals surface area contributed by atoms with E-state index in [1.54, 1.807) is 7.11 Å². The van der Waals surface area contributed by atoms with Gasteiger partial charge in [-0.15, -0.1) is 0 Å². The van der Waals surface area contributed by atoms with Gasteiger partial charge in [0.15, 0.2) is 5.78 Å². The van der Waals surface area contributed by atoms with Crippen LogP contribution >= 0.6 is 0 Å². The Morgan fingerprint density at radius 2 is 1.52 bits per heavy atom. The summed E-state index contributed by atoms with van der Waals surface area (Å²) in [7, 11) is 1.64. The van der Waals surface area contributed by atoms with Crippen molar-refractivity contribution in [2.45, 2.75) is 0 Å². The summed E-state index contributed by atoms with van der Waals surface area (Å²) in [6, 6.07) is 23.6. The topological polar surface area (TPSA) is 48.0 Å². The quantitative estimate of drug-likeness (QED) is 0.538. The molecule has 0 spiro atoms. The van der Waals surface area contributed by atoms with Gasteiger partial charge < -0.3 is 14.2 Å². The maximum absolute atomic E-state index is 13.6. The molecule has 5 heteroatoms. The Labute approximate surface area is 194 Å². The van der Waals surface area contributed by atoms with Gasteiger partial charge in [0.2, 0.25) is 0 Å². The third kappa shape index (κ3) is 4.42. The first-order valence-electron chi connectivity index (χ1n) is 11.3. The van der Waals surface area contributed by atoms with Crippen LogP contribution in [0.25, 0.3) is 11.1 Å². The number of methoxy groups -OCH3 is 1. The van der Waals surface area contributed by atoms with Gasteiger partial charge in [0.05, 0.1) is 20.3 Å². The van der Waals surface area contributed by atoms with Gasteiger partial charge in [-0.05, 0) is 47.0 Å². The van der Waals surface area contributed by atoms with Gasteiger partial charge in [-0.3, -0.25) is 9.69 Å². The van der Waals surface area contributed by atoms with Crippen LogP contribution in [0.1, 0.15) is 27.0 Å². The van der Waals surface area contributed by atoms with Crippen molar-refractivity contribution in [1.82, 2.24) is 4.90 Å². The van der Waals surface area contributed by atoms with E-state index < -0.39 is 0 Å². The van der Waals surface area contributed by atoms with Crippen molar-refractivity contribution >= 4 is 16.9 Å². The molecule has 1 fully saturated rings. The summed E-state index contributed by atoms with van der Waals surface area (Å²) < 4.78 is 16.7. The molecule has 0 unspecified atom stereocenters. The van der Waals surface area contributed by atoms with Crippen molar-refractivity contribution in [3.8, 4) is 11.5 Å². The first-order chi connectivity index (χ1) is 16.2. The van der Waals surface area contributed by atoms with Crippen LogP contribution in [0, 0.1) is 0 Å². The summed E-state index contributed by atoms with van der Waals surface area (Å²) in [6.45, 7) is 4.84. The SMILES string of the molecule is COc1ccc(C2=C(c3ccccc3)c3ccc(OCCN4CCOCC4)cc3C2=O)cc1. The maximum Gasteiger partial charge on any atom is 0.195 e. The summed E-state index contributed by atoms with van der Waals surface area (Å²) >= 11 is 0. The van der Waals surface area contributed by atoms with E-state index in [2.05, 4.69) is 4.90 Å². The lowest BCUT2D eigenvalue weighted by atomic mass is 9.94. The standard InChI is InChI=1S/C28H27NO4/c1-31-22-9-7-21(8-10-22)27-26(20-5-3-2-4-6-20)24-12-11-23(19-25(24)28(27)30)33-18-15-29-13-16-32-17-14-29/h2-12,19H,13-18H2,1H3. The number of ether oxygens (including phenoxy) is 3. The fraction of sp³-hybridized carbons (Fsp3) is 0.250. The zero-order chi connectivity index (χ0) is 22.6. The average molecular weight is 442 g/mol. The largest absolute Gasteiger partial charge is 0.497 e. The molecule has 1 saturated heterocycles. The van der Waals surface area contributed by atoms with Crippen LogP contribution in [0.5, 0.6) is 11.5 Å². The van der Waals surface area contributed by atoms with Gasteiger partial charge in [-0.1, -0.05) is 42.5 Å². The van der Waals surface area contributed by atoms with E-state index in [1.807, 2.05) is 72.8 Å². The second kappa shape index (κ2) is 9.61. The van der Waals surface area contributed by atoms with Crippen LogP contribution in [-0.2, 0) is 4.74 Å². The highest BCUT2D eigenvalue weighted by atomic mass is 16.5. The molecule has 168 valence electrons. The second-order valence-corrected chi connectivity index (χ2v) is 8.18.